The Morgan fingerprint density at radius 1 is 1.00 bits per heavy atom. The Morgan fingerprint density at radius 3 is 2.29 bits per heavy atom. The highest BCUT2D eigenvalue weighted by Crippen LogP contribution is 2.30. The first-order valence-electron chi connectivity index (χ1n) is 9.25. The van der Waals surface area contributed by atoms with Crippen molar-refractivity contribution in [1.29, 1.82) is 0 Å². The van der Waals surface area contributed by atoms with Gasteiger partial charge in [0.05, 0.1) is 33.3 Å². The van der Waals surface area contributed by atoms with E-state index in [4.69, 9.17) is 14.2 Å². The van der Waals surface area contributed by atoms with Gasteiger partial charge in [-0.3, -0.25) is 9.59 Å². The maximum absolute atomic E-state index is 13.3. The van der Waals surface area contributed by atoms with Crippen LogP contribution in [0.2, 0.25) is 0 Å². The van der Waals surface area contributed by atoms with Crippen molar-refractivity contribution >= 4 is 11.9 Å². The number of hydrogen-bond acceptors (Lipinski definition) is 5. The number of esters is 1. The first kappa shape index (κ1) is 21.3. The molecule has 1 atom stereocenters. The summed E-state index contributed by atoms with van der Waals surface area (Å²) in [5.74, 6) is 0.508. The van der Waals surface area contributed by atoms with Gasteiger partial charge in [-0.1, -0.05) is 30.3 Å². The number of hydrogen-bond donors (Lipinski definition) is 0. The van der Waals surface area contributed by atoms with Crippen LogP contribution in [0.15, 0.2) is 48.5 Å². The summed E-state index contributed by atoms with van der Waals surface area (Å²) < 4.78 is 15.6. The molecule has 0 spiro atoms. The highest BCUT2D eigenvalue weighted by molar-refractivity contribution is 5.95. The number of amides is 1. The summed E-state index contributed by atoms with van der Waals surface area (Å²) in [5.41, 5.74) is 1.45. The van der Waals surface area contributed by atoms with Gasteiger partial charge in [0.15, 0.2) is 11.5 Å². The van der Waals surface area contributed by atoms with Gasteiger partial charge in [-0.2, -0.15) is 0 Å². The summed E-state index contributed by atoms with van der Waals surface area (Å²) in [6.45, 7) is 4.27. The van der Waals surface area contributed by atoms with Crippen molar-refractivity contribution in [3.63, 3.8) is 0 Å². The first-order valence-corrected chi connectivity index (χ1v) is 9.25. The molecule has 0 radical (unpaired) electrons. The standard InChI is InChI=1S/C22H27NO5/c1-5-28-21(24)13-14-23(16(2)17-9-7-6-8-10-17)22(25)18-11-12-19(26-3)20(15-18)27-4/h6-12,15-16H,5,13-14H2,1-4H3. The molecule has 0 aliphatic rings. The molecule has 0 heterocycles. The van der Waals surface area contributed by atoms with E-state index in [1.165, 1.54) is 7.11 Å². The van der Waals surface area contributed by atoms with Gasteiger partial charge in [0.2, 0.25) is 0 Å². The van der Waals surface area contributed by atoms with E-state index in [0.717, 1.165) is 5.56 Å². The Balaban J connectivity index is 2.31. The average molecular weight is 385 g/mol. The molecule has 0 saturated carbocycles. The Hall–Kier alpha value is -3.02. The van der Waals surface area contributed by atoms with Crippen LogP contribution in [0.3, 0.4) is 0 Å². The number of carbonyl (C=O) groups excluding carboxylic acids is 2. The van der Waals surface area contributed by atoms with Crippen LogP contribution in [0.5, 0.6) is 11.5 Å². The molecule has 0 N–H and O–H groups in total. The van der Waals surface area contributed by atoms with E-state index in [0.29, 0.717) is 23.7 Å². The van der Waals surface area contributed by atoms with Gasteiger partial charge in [0.1, 0.15) is 0 Å². The summed E-state index contributed by atoms with van der Waals surface area (Å²) in [5, 5.41) is 0. The zero-order chi connectivity index (χ0) is 20.5. The van der Waals surface area contributed by atoms with Crippen LogP contribution in [0.25, 0.3) is 0 Å². The minimum Gasteiger partial charge on any atom is -0.493 e. The predicted molar refractivity (Wildman–Crippen MR) is 107 cm³/mol. The maximum Gasteiger partial charge on any atom is 0.307 e. The third-order valence-electron chi connectivity index (χ3n) is 4.50. The molecule has 6 heteroatoms. The minimum atomic E-state index is -0.326. The van der Waals surface area contributed by atoms with Crippen LogP contribution in [-0.2, 0) is 9.53 Å². The zero-order valence-electron chi connectivity index (χ0n) is 16.8. The largest absolute Gasteiger partial charge is 0.493 e. The number of rotatable bonds is 9. The van der Waals surface area contributed by atoms with Crippen LogP contribution in [-0.4, -0.2) is 44.1 Å². The lowest BCUT2D eigenvalue weighted by molar-refractivity contribution is -0.143. The first-order chi connectivity index (χ1) is 13.5. The quantitative estimate of drug-likeness (QED) is 0.613. The van der Waals surface area contributed by atoms with Crippen LogP contribution in [0.4, 0.5) is 0 Å². The lowest BCUT2D eigenvalue weighted by atomic mass is 10.0. The van der Waals surface area contributed by atoms with Crippen molar-refractivity contribution in [1.82, 2.24) is 4.90 Å². The fourth-order valence-corrected chi connectivity index (χ4v) is 2.96. The third-order valence-corrected chi connectivity index (χ3v) is 4.50. The van der Waals surface area contributed by atoms with E-state index < -0.39 is 0 Å². The van der Waals surface area contributed by atoms with E-state index >= 15 is 0 Å². The SMILES string of the molecule is CCOC(=O)CCN(C(=O)c1ccc(OC)c(OC)c1)C(C)c1ccccc1. The fourth-order valence-electron chi connectivity index (χ4n) is 2.96. The summed E-state index contributed by atoms with van der Waals surface area (Å²) in [7, 11) is 3.07. The van der Waals surface area contributed by atoms with Gasteiger partial charge in [-0.05, 0) is 37.6 Å². The Labute approximate surface area is 166 Å². The van der Waals surface area contributed by atoms with Gasteiger partial charge in [0.25, 0.3) is 5.91 Å². The van der Waals surface area contributed by atoms with E-state index in [-0.39, 0.29) is 30.9 Å². The van der Waals surface area contributed by atoms with Crippen molar-refractivity contribution in [3.05, 3.63) is 59.7 Å². The maximum atomic E-state index is 13.3. The molecule has 6 nitrogen and oxygen atoms in total. The molecular weight excluding hydrogens is 358 g/mol. The van der Waals surface area contributed by atoms with Gasteiger partial charge >= 0.3 is 5.97 Å². The molecule has 28 heavy (non-hydrogen) atoms. The Morgan fingerprint density at radius 2 is 1.68 bits per heavy atom. The van der Waals surface area contributed by atoms with Crippen molar-refractivity contribution < 1.29 is 23.8 Å². The molecule has 0 aromatic heterocycles. The van der Waals surface area contributed by atoms with Crippen molar-refractivity contribution in [2.45, 2.75) is 26.3 Å². The van der Waals surface area contributed by atoms with E-state index in [1.54, 1.807) is 37.1 Å². The van der Waals surface area contributed by atoms with Crippen molar-refractivity contribution in [2.75, 3.05) is 27.4 Å². The molecule has 0 aliphatic heterocycles. The van der Waals surface area contributed by atoms with Crippen molar-refractivity contribution in [3.8, 4) is 11.5 Å². The second-order valence-corrected chi connectivity index (χ2v) is 6.21. The lowest BCUT2D eigenvalue weighted by Gasteiger charge is -2.30. The predicted octanol–water partition coefficient (Wildman–Crippen LogP) is 3.86. The highest BCUT2D eigenvalue weighted by atomic mass is 16.5. The topological polar surface area (TPSA) is 65.1 Å². The molecule has 2 aromatic rings. The van der Waals surface area contributed by atoms with E-state index in [9.17, 15) is 9.59 Å². The molecule has 0 bridgehead atoms. The summed E-state index contributed by atoms with van der Waals surface area (Å²) >= 11 is 0. The normalized spacial score (nSPS) is 11.4. The number of methoxy groups -OCH3 is 2. The van der Waals surface area contributed by atoms with Crippen molar-refractivity contribution in [2.24, 2.45) is 0 Å². The minimum absolute atomic E-state index is 0.129. The van der Waals surface area contributed by atoms with Crippen LogP contribution >= 0.6 is 0 Å². The number of nitrogens with zero attached hydrogens (tertiary/aromatic N) is 1. The molecule has 0 aliphatic carbocycles. The average Bonchev–Trinajstić information content (AvgIpc) is 2.73. The molecule has 150 valence electrons. The number of benzene rings is 2. The molecule has 2 aromatic carbocycles. The number of carbonyl (C=O) groups is 2. The van der Waals surface area contributed by atoms with Gasteiger partial charge in [-0.15, -0.1) is 0 Å². The summed E-state index contributed by atoms with van der Waals surface area (Å²) in [6.07, 6.45) is 0.129. The Bertz CT molecular complexity index is 791. The lowest BCUT2D eigenvalue weighted by Crippen LogP contribution is -2.35. The van der Waals surface area contributed by atoms with E-state index in [1.807, 2.05) is 37.3 Å². The Kier molecular flexibility index (Phi) is 7.87. The second kappa shape index (κ2) is 10.3. The molecule has 0 fully saturated rings. The molecule has 0 saturated heterocycles. The second-order valence-electron chi connectivity index (χ2n) is 6.21. The zero-order valence-corrected chi connectivity index (χ0v) is 16.8. The molecule has 1 amide bonds. The highest BCUT2D eigenvalue weighted by Gasteiger charge is 2.24. The summed E-state index contributed by atoms with van der Waals surface area (Å²) in [6, 6.07) is 14.5. The third kappa shape index (κ3) is 5.25. The van der Waals surface area contributed by atoms with Crippen LogP contribution in [0.1, 0.15) is 42.2 Å². The number of ether oxygens (including phenoxy) is 3. The fraction of sp³-hybridized carbons (Fsp3) is 0.364. The van der Waals surface area contributed by atoms with Crippen LogP contribution < -0.4 is 9.47 Å². The van der Waals surface area contributed by atoms with Gasteiger partial charge in [-0.25, -0.2) is 0 Å². The van der Waals surface area contributed by atoms with E-state index in [2.05, 4.69) is 0 Å². The smallest absolute Gasteiger partial charge is 0.307 e. The van der Waals surface area contributed by atoms with Gasteiger partial charge < -0.3 is 19.1 Å². The molecule has 2 rings (SSSR count). The van der Waals surface area contributed by atoms with Gasteiger partial charge in [0, 0.05) is 12.1 Å². The molecular formula is C22H27NO5. The summed E-state index contributed by atoms with van der Waals surface area (Å²) in [4.78, 5) is 26.8. The molecule has 1 unspecified atom stereocenters. The monoisotopic (exact) mass is 385 g/mol. The van der Waals surface area contributed by atoms with Crippen LogP contribution in [0, 0.1) is 0 Å².